The quantitative estimate of drug-likeness (QED) is 0.752. The molecule has 1 aromatic heterocycles. The molecule has 0 aliphatic heterocycles. The van der Waals surface area contributed by atoms with Gasteiger partial charge in [0.2, 0.25) is 0 Å². The first-order valence-electron chi connectivity index (χ1n) is 6.02. The van der Waals surface area contributed by atoms with Crippen LogP contribution in [0.1, 0.15) is 30.8 Å². The average molecular weight is 287 g/mol. The standard InChI is InChI=1S/C13H19ClN2OS/c1-4-18-8-7-10(2)16(3)13(17)12-6-5-11(14)9-15-12/h5-6,9-10H,4,7-8H2,1-3H3/t10-/m1/s1. The molecule has 0 aliphatic carbocycles. The topological polar surface area (TPSA) is 33.2 Å². The Balaban J connectivity index is 2.57. The van der Waals surface area contributed by atoms with Gasteiger partial charge in [0, 0.05) is 19.3 Å². The van der Waals surface area contributed by atoms with Gasteiger partial charge in [0.1, 0.15) is 5.69 Å². The molecule has 0 radical (unpaired) electrons. The monoisotopic (exact) mass is 286 g/mol. The van der Waals surface area contributed by atoms with Crippen molar-refractivity contribution in [1.82, 2.24) is 9.88 Å². The molecular formula is C13H19ClN2OS. The van der Waals surface area contributed by atoms with Gasteiger partial charge in [0.05, 0.1) is 5.02 Å². The lowest BCUT2D eigenvalue weighted by molar-refractivity contribution is 0.0735. The number of hydrogen-bond acceptors (Lipinski definition) is 3. The number of nitrogens with zero attached hydrogens (tertiary/aromatic N) is 2. The highest BCUT2D eigenvalue weighted by atomic mass is 35.5. The molecule has 0 saturated heterocycles. The van der Waals surface area contributed by atoms with E-state index in [0.29, 0.717) is 10.7 Å². The number of rotatable bonds is 6. The van der Waals surface area contributed by atoms with Crippen LogP contribution in [0.15, 0.2) is 18.3 Å². The summed E-state index contributed by atoms with van der Waals surface area (Å²) in [5.74, 6) is 2.13. The van der Waals surface area contributed by atoms with Crippen LogP contribution in [0, 0.1) is 0 Å². The summed E-state index contributed by atoms with van der Waals surface area (Å²) < 4.78 is 0. The van der Waals surface area contributed by atoms with Crippen molar-refractivity contribution in [3.8, 4) is 0 Å². The molecule has 0 N–H and O–H groups in total. The predicted molar refractivity (Wildman–Crippen MR) is 78.4 cm³/mol. The molecule has 0 unspecified atom stereocenters. The lowest BCUT2D eigenvalue weighted by Gasteiger charge is -2.24. The average Bonchev–Trinajstić information content (AvgIpc) is 2.38. The van der Waals surface area contributed by atoms with E-state index >= 15 is 0 Å². The van der Waals surface area contributed by atoms with Gasteiger partial charge in [-0.2, -0.15) is 11.8 Å². The van der Waals surface area contributed by atoms with Gasteiger partial charge in [-0.25, -0.2) is 4.98 Å². The molecule has 0 aliphatic rings. The van der Waals surface area contributed by atoms with Gasteiger partial charge in [-0.3, -0.25) is 4.79 Å². The molecule has 0 spiro atoms. The molecule has 1 amide bonds. The van der Waals surface area contributed by atoms with E-state index in [9.17, 15) is 4.79 Å². The fraction of sp³-hybridized carbons (Fsp3) is 0.538. The molecule has 1 aromatic rings. The maximum Gasteiger partial charge on any atom is 0.272 e. The molecule has 1 rings (SSSR count). The van der Waals surface area contributed by atoms with Crippen molar-refractivity contribution < 1.29 is 4.79 Å². The van der Waals surface area contributed by atoms with Gasteiger partial charge in [-0.05, 0) is 37.0 Å². The zero-order valence-corrected chi connectivity index (χ0v) is 12.6. The summed E-state index contributed by atoms with van der Waals surface area (Å²) in [5, 5.41) is 0.543. The maximum atomic E-state index is 12.1. The third-order valence-electron chi connectivity index (χ3n) is 2.81. The number of carbonyl (C=O) groups is 1. The van der Waals surface area contributed by atoms with E-state index in [2.05, 4.69) is 18.8 Å². The highest BCUT2D eigenvalue weighted by Gasteiger charge is 2.18. The first-order chi connectivity index (χ1) is 8.56. The smallest absolute Gasteiger partial charge is 0.272 e. The first kappa shape index (κ1) is 15.3. The van der Waals surface area contributed by atoms with E-state index in [1.807, 2.05) is 18.8 Å². The molecule has 0 saturated carbocycles. The number of hydrogen-bond donors (Lipinski definition) is 0. The van der Waals surface area contributed by atoms with Crippen LogP contribution >= 0.6 is 23.4 Å². The first-order valence-corrected chi connectivity index (χ1v) is 7.56. The number of pyridine rings is 1. The molecule has 18 heavy (non-hydrogen) atoms. The fourth-order valence-electron chi connectivity index (χ4n) is 1.48. The minimum Gasteiger partial charge on any atom is -0.338 e. The summed E-state index contributed by atoms with van der Waals surface area (Å²) in [5.41, 5.74) is 0.442. The van der Waals surface area contributed by atoms with E-state index in [1.165, 1.54) is 6.20 Å². The zero-order chi connectivity index (χ0) is 13.5. The van der Waals surface area contributed by atoms with Crippen molar-refractivity contribution in [2.75, 3.05) is 18.6 Å². The second kappa shape index (κ2) is 7.64. The Morgan fingerprint density at radius 1 is 1.56 bits per heavy atom. The molecule has 1 atom stereocenters. The van der Waals surface area contributed by atoms with Crippen molar-refractivity contribution in [2.45, 2.75) is 26.3 Å². The summed E-state index contributed by atoms with van der Waals surface area (Å²) >= 11 is 7.65. The van der Waals surface area contributed by atoms with Crippen LogP contribution in [-0.4, -0.2) is 40.4 Å². The van der Waals surface area contributed by atoms with E-state index in [1.54, 1.807) is 17.0 Å². The number of aromatic nitrogens is 1. The van der Waals surface area contributed by atoms with Crippen molar-refractivity contribution >= 4 is 29.3 Å². The van der Waals surface area contributed by atoms with Crippen LogP contribution < -0.4 is 0 Å². The van der Waals surface area contributed by atoms with Crippen LogP contribution in [0.2, 0.25) is 5.02 Å². The Bertz CT molecular complexity index is 383. The third-order valence-corrected chi connectivity index (χ3v) is 3.97. The minimum atomic E-state index is -0.0549. The minimum absolute atomic E-state index is 0.0549. The highest BCUT2D eigenvalue weighted by Crippen LogP contribution is 2.12. The van der Waals surface area contributed by atoms with Crippen molar-refractivity contribution in [1.29, 1.82) is 0 Å². The second-order valence-electron chi connectivity index (χ2n) is 4.11. The highest BCUT2D eigenvalue weighted by molar-refractivity contribution is 7.99. The SMILES string of the molecule is CCSCC[C@@H](C)N(C)C(=O)c1ccc(Cl)cn1. The summed E-state index contributed by atoms with van der Waals surface area (Å²) in [6, 6.07) is 3.57. The molecule has 3 nitrogen and oxygen atoms in total. The summed E-state index contributed by atoms with van der Waals surface area (Å²) in [7, 11) is 1.82. The van der Waals surface area contributed by atoms with Crippen LogP contribution in [-0.2, 0) is 0 Å². The number of carbonyl (C=O) groups excluding carboxylic acids is 1. The Hall–Kier alpha value is -0.740. The van der Waals surface area contributed by atoms with E-state index in [4.69, 9.17) is 11.6 Å². The van der Waals surface area contributed by atoms with Crippen LogP contribution in [0.25, 0.3) is 0 Å². The molecule has 0 bridgehead atoms. The van der Waals surface area contributed by atoms with E-state index < -0.39 is 0 Å². The van der Waals surface area contributed by atoms with Gasteiger partial charge >= 0.3 is 0 Å². The Labute approximate surface area is 118 Å². The second-order valence-corrected chi connectivity index (χ2v) is 5.94. The summed E-state index contributed by atoms with van der Waals surface area (Å²) in [4.78, 5) is 17.9. The van der Waals surface area contributed by atoms with Crippen LogP contribution in [0.3, 0.4) is 0 Å². The van der Waals surface area contributed by atoms with Gasteiger partial charge < -0.3 is 4.90 Å². The lowest BCUT2D eigenvalue weighted by Crippen LogP contribution is -2.35. The Morgan fingerprint density at radius 3 is 2.83 bits per heavy atom. The Kier molecular flexibility index (Phi) is 6.50. The van der Waals surface area contributed by atoms with Crippen molar-refractivity contribution in [3.05, 3.63) is 29.0 Å². The van der Waals surface area contributed by atoms with Gasteiger partial charge in [0.25, 0.3) is 5.91 Å². The lowest BCUT2D eigenvalue weighted by atomic mass is 10.2. The Morgan fingerprint density at radius 2 is 2.28 bits per heavy atom. The fourth-order valence-corrected chi connectivity index (χ4v) is 2.38. The number of halogens is 1. The summed E-state index contributed by atoms with van der Waals surface area (Å²) in [6.45, 7) is 4.20. The maximum absolute atomic E-state index is 12.1. The normalized spacial score (nSPS) is 12.2. The third kappa shape index (κ3) is 4.50. The van der Waals surface area contributed by atoms with Crippen molar-refractivity contribution in [3.63, 3.8) is 0 Å². The van der Waals surface area contributed by atoms with Gasteiger partial charge in [-0.1, -0.05) is 18.5 Å². The molecule has 5 heteroatoms. The van der Waals surface area contributed by atoms with E-state index in [-0.39, 0.29) is 11.9 Å². The largest absolute Gasteiger partial charge is 0.338 e. The number of thioether (sulfide) groups is 1. The molecule has 1 heterocycles. The van der Waals surface area contributed by atoms with E-state index in [0.717, 1.165) is 17.9 Å². The summed E-state index contributed by atoms with van der Waals surface area (Å²) in [6.07, 6.45) is 2.49. The molecular weight excluding hydrogens is 268 g/mol. The number of amides is 1. The molecule has 0 fully saturated rings. The van der Waals surface area contributed by atoms with Crippen LogP contribution in [0.4, 0.5) is 0 Å². The molecule has 100 valence electrons. The predicted octanol–water partition coefficient (Wildman–Crippen LogP) is 3.34. The molecule has 0 aromatic carbocycles. The zero-order valence-electron chi connectivity index (χ0n) is 11.0. The van der Waals surface area contributed by atoms with Crippen molar-refractivity contribution in [2.24, 2.45) is 0 Å². The van der Waals surface area contributed by atoms with Gasteiger partial charge in [-0.15, -0.1) is 0 Å². The van der Waals surface area contributed by atoms with Gasteiger partial charge in [0.15, 0.2) is 0 Å². The van der Waals surface area contributed by atoms with Crippen LogP contribution in [0.5, 0.6) is 0 Å².